The van der Waals surface area contributed by atoms with Gasteiger partial charge in [0.15, 0.2) is 0 Å². The van der Waals surface area contributed by atoms with Gasteiger partial charge in [0.05, 0.1) is 0 Å². The number of nitrogens with one attached hydrogen (secondary N) is 2. The number of rotatable bonds is 4. The minimum Gasteiger partial charge on any atom is -0.362 e. The lowest BCUT2D eigenvalue weighted by atomic mass is 10.2. The maximum Gasteiger partial charge on any atom is 0.206 e. The van der Waals surface area contributed by atoms with Crippen LogP contribution in [0.2, 0.25) is 0 Å². The van der Waals surface area contributed by atoms with E-state index in [1.54, 1.807) is 19.0 Å². The molecule has 1 amide bonds. The topological polar surface area (TPSA) is 41.1 Å². The lowest BCUT2D eigenvalue weighted by Crippen LogP contribution is -1.98. The first-order chi connectivity index (χ1) is 7.28. The first-order valence-corrected chi connectivity index (χ1v) is 5.63. The van der Waals surface area contributed by atoms with Gasteiger partial charge >= 0.3 is 0 Å². The van der Waals surface area contributed by atoms with Gasteiger partial charge in [0, 0.05) is 11.9 Å². The number of carbonyl (C=O) groups is 1. The molecule has 0 heterocycles. The zero-order valence-corrected chi connectivity index (χ0v) is 10.2. The van der Waals surface area contributed by atoms with Crippen LogP contribution in [0.25, 0.3) is 0 Å². The molecule has 1 aromatic carbocycles. The fourth-order valence-corrected chi connectivity index (χ4v) is 1.42. The number of carbonyl (C=O) groups excluding carboxylic acids is 1. The number of aryl methyl sites for hydroxylation is 1. The van der Waals surface area contributed by atoms with Gasteiger partial charge in [0.25, 0.3) is 0 Å². The molecule has 0 fully saturated rings. The quantitative estimate of drug-likeness (QED) is 0.608. The Morgan fingerprint density at radius 2 is 1.80 bits per heavy atom. The van der Waals surface area contributed by atoms with Crippen molar-refractivity contribution in [1.82, 2.24) is 10.0 Å². The molecule has 0 saturated heterocycles. The Labute approximate surface area is 95.8 Å². The van der Waals surface area contributed by atoms with Crippen LogP contribution in [0.15, 0.2) is 29.2 Å². The summed E-state index contributed by atoms with van der Waals surface area (Å²) in [5.41, 5.74) is 1.39. The van der Waals surface area contributed by atoms with Crippen molar-refractivity contribution in [2.24, 2.45) is 0 Å². The van der Waals surface area contributed by atoms with Crippen LogP contribution in [0.5, 0.6) is 0 Å². The predicted molar refractivity (Wildman–Crippen MR) is 65.9 cm³/mol. The van der Waals surface area contributed by atoms with Crippen molar-refractivity contribution in [2.75, 3.05) is 14.1 Å². The van der Waals surface area contributed by atoms with E-state index in [4.69, 9.17) is 4.79 Å². The number of amides is 1. The van der Waals surface area contributed by atoms with Crippen LogP contribution < -0.4 is 10.0 Å². The van der Waals surface area contributed by atoms with Gasteiger partial charge in [-0.2, -0.15) is 0 Å². The normalized spacial score (nSPS) is 8.73. The molecular weight excluding hydrogens is 208 g/mol. The Morgan fingerprint density at radius 1 is 1.27 bits per heavy atom. The second kappa shape index (κ2) is 9.55. The zero-order valence-electron chi connectivity index (χ0n) is 9.41. The van der Waals surface area contributed by atoms with Gasteiger partial charge < -0.3 is 5.32 Å². The average molecular weight is 226 g/mol. The highest BCUT2D eigenvalue weighted by molar-refractivity contribution is 7.97. The van der Waals surface area contributed by atoms with E-state index < -0.39 is 0 Å². The van der Waals surface area contributed by atoms with Gasteiger partial charge in [-0.1, -0.05) is 19.1 Å². The first-order valence-electron chi connectivity index (χ1n) is 4.81. The summed E-state index contributed by atoms with van der Waals surface area (Å²) in [5, 5.41) is 2.25. The SMILES string of the molecule is CCc1ccc(SNC)cc1.CNC=O. The highest BCUT2D eigenvalue weighted by atomic mass is 32.2. The van der Waals surface area contributed by atoms with Crippen LogP contribution in [0.4, 0.5) is 0 Å². The third-order valence-electron chi connectivity index (χ3n) is 1.67. The molecule has 0 bridgehead atoms. The van der Waals surface area contributed by atoms with Gasteiger partial charge in [-0.15, -0.1) is 0 Å². The van der Waals surface area contributed by atoms with E-state index in [9.17, 15) is 0 Å². The number of hydrogen-bond acceptors (Lipinski definition) is 3. The van der Waals surface area contributed by atoms with E-state index in [0.717, 1.165) is 6.42 Å². The summed E-state index contributed by atoms with van der Waals surface area (Å²) in [4.78, 5) is 10.3. The first kappa shape index (κ1) is 14.0. The molecule has 0 aliphatic heterocycles. The minimum absolute atomic E-state index is 0.625. The van der Waals surface area contributed by atoms with Crippen molar-refractivity contribution in [3.05, 3.63) is 29.8 Å². The maximum absolute atomic E-state index is 9.06. The third-order valence-corrected chi connectivity index (χ3v) is 2.38. The summed E-state index contributed by atoms with van der Waals surface area (Å²) >= 11 is 1.64. The highest BCUT2D eigenvalue weighted by Crippen LogP contribution is 2.14. The molecule has 2 N–H and O–H groups in total. The molecule has 0 unspecified atom stereocenters. The maximum atomic E-state index is 9.06. The Morgan fingerprint density at radius 3 is 2.13 bits per heavy atom. The molecule has 4 heteroatoms. The fraction of sp³-hybridized carbons (Fsp3) is 0.364. The van der Waals surface area contributed by atoms with Crippen molar-refractivity contribution in [1.29, 1.82) is 0 Å². The predicted octanol–water partition coefficient (Wildman–Crippen LogP) is 1.84. The van der Waals surface area contributed by atoms with E-state index in [2.05, 4.69) is 41.2 Å². The van der Waals surface area contributed by atoms with Gasteiger partial charge in [0.1, 0.15) is 0 Å². The Hall–Kier alpha value is -1.00. The second-order valence-electron chi connectivity index (χ2n) is 2.71. The van der Waals surface area contributed by atoms with Crippen molar-refractivity contribution in [3.63, 3.8) is 0 Å². The summed E-state index contributed by atoms with van der Waals surface area (Å²) in [7, 11) is 3.49. The van der Waals surface area contributed by atoms with Crippen molar-refractivity contribution in [2.45, 2.75) is 18.2 Å². The van der Waals surface area contributed by atoms with Crippen molar-refractivity contribution in [3.8, 4) is 0 Å². The van der Waals surface area contributed by atoms with Crippen molar-refractivity contribution < 1.29 is 4.79 Å². The standard InChI is InChI=1S/C9H13NS.C2H5NO/c1-3-8-4-6-9(7-5-8)11-10-2;1-3-2-4/h4-7,10H,3H2,1-2H3;2H,1H3,(H,3,4). The lowest BCUT2D eigenvalue weighted by Gasteiger charge is -1.99. The summed E-state index contributed by atoms with van der Waals surface area (Å²) in [5.74, 6) is 0. The zero-order chi connectivity index (χ0) is 11.5. The third kappa shape index (κ3) is 6.99. The Kier molecular flexibility index (Phi) is 8.91. The highest BCUT2D eigenvalue weighted by Gasteiger charge is 1.90. The molecule has 0 aliphatic rings. The van der Waals surface area contributed by atoms with Gasteiger partial charge in [0.2, 0.25) is 6.41 Å². The number of hydrogen-bond donors (Lipinski definition) is 2. The van der Waals surface area contributed by atoms with Crippen LogP contribution in [-0.2, 0) is 11.2 Å². The van der Waals surface area contributed by atoms with E-state index in [1.165, 1.54) is 10.5 Å². The summed E-state index contributed by atoms with van der Waals surface area (Å²) < 4.78 is 3.04. The van der Waals surface area contributed by atoms with Gasteiger partial charge in [-0.25, -0.2) is 0 Å². The Balaban J connectivity index is 0.000000423. The van der Waals surface area contributed by atoms with Crippen LogP contribution in [0.3, 0.4) is 0 Å². The van der Waals surface area contributed by atoms with Crippen LogP contribution in [-0.4, -0.2) is 20.5 Å². The molecule has 0 radical (unpaired) electrons. The van der Waals surface area contributed by atoms with Crippen LogP contribution >= 0.6 is 11.9 Å². The number of benzene rings is 1. The van der Waals surface area contributed by atoms with E-state index >= 15 is 0 Å². The minimum atomic E-state index is 0.625. The van der Waals surface area contributed by atoms with Gasteiger partial charge in [-0.3, -0.25) is 9.52 Å². The largest absolute Gasteiger partial charge is 0.362 e. The van der Waals surface area contributed by atoms with E-state index in [-0.39, 0.29) is 0 Å². The molecule has 0 atom stereocenters. The lowest BCUT2D eigenvalue weighted by molar-refractivity contribution is -0.109. The summed E-state index contributed by atoms with van der Waals surface area (Å²) in [6.07, 6.45) is 1.74. The Bertz CT molecular complexity index is 262. The molecule has 0 saturated carbocycles. The molecule has 0 aliphatic carbocycles. The van der Waals surface area contributed by atoms with Crippen LogP contribution in [0.1, 0.15) is 12.5 Å². The second-order valence-corrected chi connectivity index (χ2v) is 3.79. The molecule has 0 aromatic heterocycles. The smallest absolute Gasteiger partial charge is 0.206 e. The van der Waals surface area contributed by atoms with E-state index in [1.807, 2.05) is 7.05 Å². The van der Waals surface area contributed by atoms with Gasteiger partial charge in [-0.05, 0) is 43.1 Å². The molecule has 1 aromatic rings. The van der Waals surface area contributed by atoms with Crippen molar-refractivity contribution >= 4 is 18.4 Å². The molecule has 1 rings (SSSR count). The fourth-order valence-electron chi connectivity index (χ4n) is 0.911. The monoisotopic (exact) mass is 226 g/mol. The average Bonchev–Trinajstić information content (AvgIpc) is 2.31. The van der Waals surface area contributed by atoms with Crippen LogP contribution in [0, 0.1) is 0 Å². The summed E-state index contributed by atoms with van der Waals surface area (Å²) in [6, 6.07) is 8.61. The molecule has 0 spiro atoms. The summed E-state index contributed by atoms with van der Waals surface area (Å²) in [6.45, 7) is 2.17. The molecule has 3 nitrogen and oxygen atoms in total. The molecule has 84 valence electrons. The molecular formula is C11H18N2OS. The molecule has 15 heavy (non-hydrogen) atoms. The van der Waals surface area contributed by atoms with E-state index in [0.29, 0.717) is 6.41 Å².